The van der Waals surface area contributed by atoms with E-state index >= 15 is 0 Å². The standard InChI is InChI=1S/C20H19ClN4O2/c1-27-18-9-5-2-6-14(18)10-11-22-19(26)15-12-23-20(24-13-15)25-17-8-4-3-7-16(17)21/h2-9,12-13H,10-11H2,1H3,(H,22,26)(H,23,24,25). The Morgan fingerprint density at radius 3 is 2.52 bits per heavy atom. The molecule has 1 aromatic heterocycles. The summed E-state index contributed by atoms with van der Waals surface area (Å²) in [5, 5.41) is 6.45. The maximum absolute atomic E-state index is 12.2. The molecule has 7 heteroatoms. The predicted octanol–water partition coefficient (Wildman–Crippen LogP) is 3.85. The highest BCUT2D eigenvalue weighted by molar-refractivity contribution is 6.33. The summed E-state index contributed by atoms with van der Waals surface area (Å²) in [5.41, 5.74) is 2.13. The fourth-order valence-electron chi connectivity index (χ4n) is 2.52. The molecule has 138 valence electrons. The van der Waals surface area contributed by atoms with E-state index in [0.717, 1.165) is 11.3 Å². The summed E-state index contributed by atoms with van der Waals surface area (Å²) in [4.78, 5) is 20.6. The molecule has 3 aromatic rings. The summed E-state index contributed by atoms with van der Waals surface area (Å²) in [6, 6.07) is 15.0. The first-order chi connectivity index (χ1) is 13.2. The van der Waals surface area contributed by atoms with Crippen LogP contribution >= 0.6 is 11.6 Å². The van der Waals surface area contributed by atoms with Crippen LogP contribution in [-0.4, -0.2) is 29.5 Å². The number of nitrogens with zero attached hydrogens (tertiary/aromatic N) is 2. The maximum Gasteiger partial charge on any atom is 0.254 e. The van der Waals surface area contributed by atoms with E-state index in [1.165, 1.54) is 12.4 Å². The summed E-state index contributed by atoms with van der Waals surface area (Å²) < 4.78 is 5.31. The van der Waals surface area contributed by atoms with Crippen molar-refractivity contribution in [2.24, 2.45) is 0 Å². The van der Waals surface area contributed by atoms with Gasteiger partial charge in [0.25, 0.3) is 5.91 Å². The van der Waals surface area contributed by atoms with E-state index in [4.69, 9.17) is 16.3 Å². The number of para-hydroxylation sites is 2. The lowest BCUT2D eigenvalue weighted by Gasteiger charge is -2.09. The van der Waals surface area contributed by atoms with Crippen LogP contribution in [0.4, 0.5) is 11.6 Å². The molecular weight excluding hydrogens is 364 g/mol. The quantitative estimate of drug-likeness (QED) is 0.649. The molecule has 0 radical (unpaired) electrons. The van der Waals surface area contributed by atoms with Crippen molar-refractivity contribution in [1.82, 2.24) is 15.3 Å². The van der Waals surface area contributed by atoms with Gasteiger partial charge in [-0.05, 0) is 30.2 Å². The molecule has 6 nitrogen and oxygen atoms in total. The van der Waals surface area contributed by atoms with Crippen LogP contribution in [0.3, 0.4) is 0 Å². The number of halogens is 1. The number of hydrogen-bond acceptors (Lipinski definition) is 5. The van der Waals surface area contributed by atoms with E-state index in [1.807, 2.05) is 42.5 Å². The zero-order valence-electron chi connectivity index (χ0n) is 14.8. The highest BCUT2D eigenvalue weighted by Gasteiger charge is 2.09. The molecule has 0 fully saturated rings. The summed E-state index contributed by atoms with van der Waals surface area (Å²) in [6.07, 6.45) is 3.62. The molecule has 0 unspecified atom stereocenters. The fourth-order valence-corrected chi connectivity index (χ4v) is 2.70. The van der Waals surface area contributed by atoms with Gasteiger partial charge in [-0.3, -0.25) is 4.79 Å². The zero-order valence-corrected chi connectivity index (χ0v) is 15.5. The van der Waals surface area contributed by atoms with Crippen LogP contribution in [0.5, 0.6) is 5.75 Å². The Labute approximate surface area is 162 Å². The maximum atomic E-state index is 12.2. The minimum absolute atomic E-state index is 0.228. The number of aromatic nitrogens is 2. The molecule has 3 rings (SSSR count). The zero-order chi connectivity index (χ0) is 19.1. The number of rotatable bonds is 7. The van der Waals surface area contributed by atoms with E-state index < -0.39 is 0 Å². The number of amides is 1. The topological polar surface area (TPSA) is 76.1 Å². The number of hydrogen-bond donors (Lipinski definition) is 2. The van der Waals surface area contributed by atoms with Crippen LogP contribution in [0.1, 0.15) is 15.9 Å². The Balaban J connectivity index is 1.55. The van der Waals surface area contributed by atoms with E-state index in [0.29, 0.717) is 35.2 Å². The lowest BCUT2D eigenvalue weighted by molar-refractivity contribution is 0.0953. The number of anilines is 2. The van der Waals surface area contributed by atoms with Gasteiger partial charge in [-0.1, -0.05) is 41.9 Å². The van der Waals surface area contributed by atoms with Gasteiger partial charge in [-0.15, -0.1) is 0 Å². The van der Waals surface area contributed by atoms with Crippen molar-refractivity contribution in [3.8, 4) is 5.75 Å². The second-order valence-corrected chi connectivity index (χ2v) is 6.13. The van der Waals surface area contributed by atoms with Gasteiger partial charge in [0.2, 0.25) is 5.95 Å². The van der Waals surface area contributed by atoms with Crippen LogP contribution in [0.2, 0.25) is 5.02 Å². The molecule has 2 aromatic carbocycles. The van der Waals surface area contributed by atoms with Crippen LogP contribution in [0, 0.1) is 0 Å². The van der Waals surface area contributed by atoms with Crippen LogP contribution in [0.25, 0.3) is 0 Å². The molecule has 0 aliphatic rings. The molecular formula is C20H19ClN4O2. The van der Waals surface area contributed by atoms with E-state index in [9.17, 15) is 4.79 Å². The third-order valence-corrected chi connectivity index (χ3v) is 4.24. The number of methoxy groups -OCH3 is 1. The van der Waals surface area contributed by atoms with Gasteiger partial charge in [0.1, 0.15) is 5.75 Å². The van der Waals surface area contributed by atoms with Crippen LogP contribution in [0.15, 0.2) is 60.9 Å². The largest absolute Gasteiger partial charge is 0.496 e. The molecule has 0 spiro atoms. The monoisotopic (exact) mass is 382 g/mol. The van der Waals surface area contributed by atoms with Crippen molar-refractivity contribution in [2.75, 3.05) is 19.0 Å². The molecule has 0 saturated carbocycles. The Hall–Kier alpha value is -3.12. The second kappa shape index (κ2) is 9.00. The van der Waals surface area contributed by atoms with Gasteiger partial charge in [0.15, 0.2) is 0 Å². The molecule has 27 heavy (non-hydrogen) atoms. The third-order valence-electron chi connectivity index (χ3n) is 3.91. The first-order valence-electron chi connectivity index (χ1n) is 8.41. The highest BCUT2D eigenvalue weighted by Crippen LogP contribution is 2.23. The lowest BCUT2D eigenvalue weighted by atomic mass is 10.1. The lowest BCUT2D eigenvalue weighted by Crippen LogP contribution is -2.26. The Morgan fingerprint density at radius 2 is 1.78 bits per heavy atom. The Kier molecular flexibility index (Phi) is 6.22. The summed E-state index contributed by atoms with van der Waals surface area (Å²) in [6.45, 7) is 0.485. The van der Waals surface area contributed by atoms with Crippen LogP contribution in [-0.2, 0) is 6.42 Å². The molecule has 0 atom stereocenters. The summed E-state index contributed by atoms with van der Waals surface area (Å²) >= 11 is 6.09. The fraction of sp³-hybridized carbons (Fsp3) is 0.150. The van der Waals surface area contributed by atoms with Crippen molar-refractivity contribution >= 4 is 29.1 Å². The van der Waals surface area contributed by atoms with Gasteiger partial charge in [-0.2, -0.15) is 0 Å². The van der Waals surface area contributed by atoms with Gasteiger partial charge >= 0.3 is 0 Å². The normalized spacial score (nSPS) is 10.3. The first-order valence-corrected chi connectivity index (χ1v) is 8.79. The summed E-state index contributed by atoms with van der Waals surface area (Å²) in [5.74, 6) is 0.952. The van der Waals surface area contributed by atoms with Crippen molar-refractivity contribution < 1.29 is 9.53 Å². The van der Waals surface area contributed by atoms with Crippen molar-refractivity contribution in [1.29, 1.82) is 0 Å². The van der Waals surface area contributed by atoms with Gasteiger partial charge in [-0.25, -0.2) is 9.97 Å². The molecule has 1 heterocycles. The van der Waals surface area contributed by atoms with Crippen LogP contribution < -0.4 is 15.4 Å². The highest BCUT2D eigenvalue weighted by atomic mass is 35.5. The molecule has 0 bridgehead atoms. The van der Waals surface area contributed by atoms with Gasteiger partial charge in [0, 0.05) is 18.9 Å². The number of carbonyl (C=O) groups excluding carboxylic acids is 1. The van der Waals surface area contributed by atoms with E-state index in [1.54, 1.807) is 13.2 Å². The van der Waals surface area contributed by atoms with Crippen molar-refractivity contribution in [2.45, 2.75) is 6.42 Å². The van der Waals surface area contributed by atoms with E-state index in [2.05, 4.69) is 20.6 Å². The SMILES string of the molecule is COc1ccccc1CCNC(=O)c1cnc(Nc2ccccc2Cl)nc1. The van der Waals surface area contributed by atoms with Gasteiger partial charge in [0.05, 0.1) is 23.4 Å². The average Bonchev–Trinajstić information content (AvgIpc) is 2.70. The average molecular weight is 383 g/mol. The molecule has 0 aliphatic carbocycles. The van der Waals surface area contributed by atoms with Gasteiger partial charge < -0.3 is 15.4 Å². The van der Waals surface area contributed by atoms with E-state index in [-0.39, 0.29) is 5.91 Å². The minimum Gasteiger partial charge on any atom is -0.496 e. The minimum atomic E-state index is -0.228. The number of nitrogens with one attached hydrogen (secondary N) is 2. The van der Waals surface area contributed by atoms with Crippen molar-refractivity contribution in [3.63, 3.8) is 0 Å². The molecule has 0 saturated heterocycles. The molecule has 1 amide bonds. The number of benzene rings is 2. The number of carbonyl (C=O) groups is 1. The van der Waals surface area contributed by atoms with Crippen molar-refractivity contribution in [3.05, 3.63) is 77.1 Å². The number of ether oxygens (including phenoxy) is 1. The second-order valence-electron chi connectivity index (χ2n) is 5.72. The first kappa shape index (κ1) is 18.7. The predicted molar refractivity (Wildman–Crippen MR) is 106 cm³/mol. The third kappa shape index (κ3) is 4.95. The Bertz CT molecular complexity index is 916. The smallest absolute Gasteiger partial charge is 0.254 e. The Morgan fingerprint density at radius 1 is 1.07 bits per heavy atom. The molecule has 0 aliphatic heterocycles. The molecule has 2 N–H and O–H groups in total. The summed E-state index contributed by atoms with van der Waals surface area (Å²) in [7, 11) is 1.63.